The number of benzene rings is 1. The van der Waals surface area contributed by atoms with Crippen LogP contribution < -0.4 is 16.4 Å². The standard InChI is InChI=1S/C18H29N3O2.ClH/c1-12(2)10-16(22)21-17(13(3)4)18(23)20-11-15(19)14-8-6-5-7-9-14;/h5-9,12-13,15,17H,10-11,19H2,1-4H3,(H,20,23)(H,21,22);1H. The number of hydrogen-bond donors (Lipinski definition) is 3. The highest BCUT2D eigenvalue weighted by molar-refractivity contribution is 5.87. The van der Waals surface area contributed by atoms with Crippen molar-refractivity contribution in [2.75, 3.05) is 6.54 Å². The van der Waals surface area contributed by atoms with Crippen molar-refractivity contribution in [3.05, 3.63) is 35.9 Å². The fourth-order valence-electron chi connectivity index (χ4n) is 2.28. The summed E-state index contributed by atoms with van der Waals surface area (Å²) in [6.07, 6.45) is 0.417. The van der Waals surface area contributed by atoms with Crippen molar-refractivity contribution in [1.29, 1.82) is 0 Å². The number of carbonyl (C=O) groups excluding carboxylic acids is 2. The fourth-order valence-corrected chi connectivity index (χ4v) is 2.28. The lowest BCUT2D eigenvalue weighted by atomic mass is 10.0. The van der Waals surface area contributed by atoms with Crippen LogP contribution in [0.5, 0.6) is 0 Å². The van der Waals surface area contributed by atoms with Crippen LogP contribution in [0.1, 0.15) is 45.7 Å². The molecule has 1 aromatic rings. The largest absolute Gasteiger partial charge is 0.352 e. The summed E-state index contributed by atoms with van der Waals surface area (Å²) in [6.45, 7) is 8.12. The number of hydrogen-bond acceptors (Lipinski definition) is 3. The zero-order valence-corrected chi connectivity index (χ0v) is 15.7. The molecule has 0 spiro atoms. The maximum atomic E-state index is 12.4. The second-order valence-electron chi connectivity index (χ2n) is 6.65. The lowest BCUT2D eigenvalue weighted by molar-refractivity contribution is -0.130. The predicted octanol–water partition coefficient (Wildman–Crippen LogP) is 2.41. The molecule has 0 aliphatic heterocycles. The molecule has 24 heavy (non-hydrogen) atoms. The van der Waals surface area contributed by atoms with Gasteiger partial charge in [0.2, 0.25) is 11.8 Å². The number of halogens is 1. The van der Waals surface area contributed by atoms with Gasteiger partial charge in [0, 0.05) is 19.0 Å². The molecule has 0 saturated heterocycles. The molecular weight excluding hydrogens is 326 g/mol. The molecule has 1 aromatic carbocycles. The van der Waals surface area contributed by atoms with E-state index < -0.39 is 6.04 Å². The zero-order valence-electron chi connectivity index (χ0n) is 14.9. The van der Waals surface area contributed by atoms with Gasteiger partial charge in [0.25, 0.3) is 0 Å². The van der Waals surface area contributed by atoms with Gasteiger partial charge >= 0.3 is 0 Å². The van der Waals surface area contributed by atoms with Crippen molar-refractivity contribution in [2.24, 2.45) is 17.6 Å². The van der Waals surface area contributed by atoms with Gasteiger partial charge in [-0.2, -0.15) is 0 Å². The molecule has 4 N–H and O–H groups in total. The minimum atomic E-state index is -0.538. The fraction of sp³-hybridized carbons (Fsp3) is 0.556. The summed E-state index contributed by atoms with van der Waals surface area (Å²) in [6, 6.07) is 8.82. The van der Waals surface area contributed by atoms with E-state index in [1.807, 2.05) is 58.0 Å². The first kappa shape index (κ1) is 22.4. The SMILES string of the molecule is CC(C)CC(=O)NC(C(=O)NCC(N)c1ccccc1)C(C)C.Cl. The van der Waals surface area contributed by atoms with Crippen LogP contribution in [-0.4, -0.2) is 24.4 Å². The molecule has 0 aliphatic rings. The first-order valence-corrected chi connectivity index (χ1v) is 8.18. The van der Waals surface area contributed by atoms with Crippen LogP contribution in [0, 0.1) is 11.8 Å². The Balaban J connectivity index is 0.00000529. The van der Waals surface area contributed by atoms with Crippen LogP contribution in [-0.2, 0) is 9.59 Å². The van der Waals surface area contributed by atoms with Crippen LogP contribution in [0.4, 0.5) is 0 Å². The second kappa shape index (κ2) is 11.0. The Morgan fingerprint density at radius 2 is 1.67 bits per heavy atom. The number of nitrogens with two attached hydrogens (primary N) is 1. The van der Waals surface area contributed by atoms with Gasteiger partial charge in [0.1, 0.15) is 6.04 Å². The summed E-state index contributed by atoms with van der Waals surface area (Å²) < 4.78 is 0. The summed E-state index contributed by atoms with van der Waals surface area (Å²) in [7, 11) is 0. The Hall–Kier alpha value is -1.59. The monoisotopic (exact) mass is 355 g/mol. The summed E-state index contributed by atoms with van der Waals surface area (Å²) in [5.74, 6) is -0.0128. The Morgan fingerprint density at radius 3 is 2.17 bits per heavy atom. The summed E-state index contributed by atoms with van der Waals surface area (Å²) in [5, 5.41) is 5.66. The molecule has 0 aliphatic carbocycles. The van der Waals surface area contributed by atoms with Gasteiger partial charge in [-0.25, -0.2) is 0 Å². The van der Waals surface area contributed by atoms with E-state index in [9.17, 15) is 9.59 Å². The van der Waals surface area contributed by atoms with E-state index in [2.05, 4.69) is 10.6 Å². The van der Waals surface area contributed by atoms with Gasteiger partial charge in [-0.3, -0.25) is 9.59 Å². The molecule has 6 heteroatoms. The molecule has 0 aromatic heterocycles. The first-order valence-electron chi connectivity index (χ1n) is 8.18. The maximum Gasteiger partial charge on any atom is 0.242 e. The molecule has 1 rings (SSSR count). The summed E-state index contributed by atoms with van der Waals surface area (Å²) >= 11 is 0. The third-order valence-corrected chi connectivity index (χ3v) is 3.58. The van der Waals surface area contributed by atoms with Gasteiger partial charge in [-0.15, -0.1) is 12.4 Å². The van der Waals surface area contributed by atoms with Crippen molar-refractivity contribution in [3.63, 3.8) is 0 Å². The molecular formula is C18H30ClN3O2. The van der Waals surface area contributed by atoms with Crippen molar-refractivity contribution in [1.82, 2.24) is 10.6 Å². The molecule has 5 nitrogen and oxygen atoms in total. The van der Waals surface area contributed by atoms with Gasteiger partial charge < -0.3 is 16.4 Å². The van der Waals surface area contributed by atoms with Gasteiger partial charge in [0.05, 0.1) is 0 Å². The van der Waals surface area contributed by atoms with E-state index in [0.717, 1.165) is 5.56 Å². The highest BCUT2D eigenvalue weighted by Crippen LogP contribution is 2.09. The summed E-state index contributed by atoms with van der Waals surface area (Å²) in [5.41, 5.74) is 7.05. The normalized spacial score (nSPS) is 13.1. The predicted molar refractivity (Wildman–Crippen MR) is 99.9 cm³/mol. The molecule has 0 heterocycles. The van der Waals surface area contributed by atoms with E-state index in [-0.39, 0.29) is 42.1 Å². The Kier molecular flexibility index (Phi) is 10.3. The van der Waals surface area contributed by atoms with E-state index >= 15 is 0 Å². The molecule has 0 bridgehead atoms. The Morgan fingerprint density at radius 1 is 1.08 bits per heavy atom. The quantitative estimate of drug-likeness (QED) is 0.669. The van der Waals surface area contributed by atoms with Gasteiger partial charge in [-0.05, 0) is 17.4 Å². The third kappa shape index (κ3) is 7.79. The number of rotatable bonds is 8. The first-order chi connectivity index (χ1) is 10.8. The third-order valence-electron chi connectivity index (χ3n) is 3.58. The van der Waals surface area contributed by atoms with Crippen LogP contribution in [0.25, 0.3) is 0 Å². The molecule has 136 valence electrons. The zero-order chi connectivity index (χ0) is 17.4. The molecule has 0 saturated carbocycles. The van der Waals surface area contributed by atoms with Crippen LogP contribution in [0.2, 0.25) is 0 Å². The Labute approximate surface area is 151 Å². The highest BCUT2D eigenvalue weighted by Gasteiger charge is 2.24. The lowest BCUT2D eigenvalue weighted by Gasteiger charge is -2.23. The smallest absolute Gasteiger partial charge is 0.242 e. The average molecular weight is 356 g/mol. The van der Waals surface area contributed by atoms with Crippen molar-refractivity contribution >= 4 is 24.2 Å². The number of carbonyl (C=O) groups is 2. The minimum absolute atomic E-state index is 0. The maximum absolute atomic E-state index is 12.4. The summed E-state index contributed by atoms with van der Waals surface area (Å²) in [4.78, 5) is 24.3. The van der Waals surface area contributed by atoms with Crippen molar-refractivity contribution in [3.8, 4) is 0 Å². The van der Waals surface area contributed by atoms with E-state index in [4.69, 9.17) is 5.73 Å². The van der Waals surface area contributed by atoms with Crippen LogP contribution in [0.3, 0.4) is 0 Å². The van der Waals surface area contributed by atoms with E-state index in [1.165, 1.54) is 0 Å². The molecule has 2 unspecified atom stereocenters. The van der Waals surface area contributed by atoms with Gasteiger partial charge in [-0.1, -0.05) is 58.0 Å². The lowest BCUT2D eigenvalue weighted by Crippen LogP contribution is -2.50. The number of amides is 2. The van der Waals surface area contributed by atoms with Crippen LogP contribution >= 0.6 is 12.4 Å². The number of nitrogens with one attached hydrogen (secondary N) is 2. The molecule has 2 amide bonds. The highest BCUT2D eigenvalue weighted by atomic mass is 35.5. The van der Waals surface area contributed by atoms with Crippen LogP contribution in [0.15, 0.2) is 30.3 Å². The molecule has 0 fully saturated rings. The van der Waals surface area contributed by atoms with Crippen molar-refractivity contribution in [2.45, 2.75) is 46.2 Å². The topological polar surface area (TPSA) is 84.2 Å². The minimum Gasteiger partial charge on any atom is -0.352 e. The molecule has 2 atom stereocenters. The van der Waals surface area contributed by atoms with Crippen molar-refractivity contribution < 1.29 is 9.59 Å². The second-order valence-corrected chi connectivity index (χ2v) is 6.65. The van der Waals surface area contributed by atoms with E-state index in [0.29, 0.717) is 13.0 Å². The van der Waals surface area contributed by atoms with E-state index in [1.54, 1.807) is 0 Å². The van der Waals surface area contributed by atoms with Gasteiger partial charge in [0.15, 0.2) is 0 Å². The Bertz CT molecular complexity index is 506. The molecule has 0 radical (unpaired) electrons. The average Bonchev–Trinajstić information content (AvgIpc) is 2.49.